The number of rotatable bonds is 8. The molecule has 1 fully saturated rings. The Labute approximate surface area is 119 Å². The van der Waals surface area contributed by atoms with Crippen molar-refractivity contribution in [2.24, 2.45) is 0 Å². The van der Waals surface area contributed by atoms with Crippen LogP contribution in [0.3, 0.4) is 0 Å². The summed E-state index contributed by atoms with van der Waals surface area (Å²) in [4.78, 5) is 0. The summed E-state index contributed by atoms with van der Waals surface area (Å²) in [5.41, 5.74) is 0.788. The van der Waals surface area contributed by atoms with Crippen LogP contribution in [0.2, 0.25) is 0 Å². The van der Waals surface area contributed by atoms with E-state index in [9.17, 15) is 12.8 Å². The van der Waals surface area contributed by atoms with Crippen LogP contribution in [0.4, 0.5) is 4.39 Å². The van der Waals surface area contributed by atoms with Gasteiger partial charge in [-0.3, -0.25) is 0 Å². The lowest BCUT2D eigenvalue weighted by Crippen LogP contribution is -2.40. The maximum absolute atomic E-state index is 13.0. The molecule has 0 radical (unpaired) electrons. The van der Waals surface area contributed by atoms with Crippen molar-refractivity contribution >= 4 is 10.0 Å². The summed E-state index contributed by atoms with van der Waals surface area (Å²) in [5.74, 6) is -0.299. The minimum atomic E-state index is -3.31. The lowest BCUT2D eigenvalue weighted by molar-refractivity contribution is 0.557. The first-order valence-corrected chi connectivity index (χ1v) is 8.48. The molecular formula is C14H21FN2O2S. The molecule has 0 amide bonds. The number of hydrogen-bond acceptors (Lipinski definition) is 3. The molecule has 112 valence electrons. The summed E-state index contributed by atoms with van der Waals surface area (Å²) in [6.45, 7) is 2.46. The second-order valence-corrected chi connectivity index (χ2v) is 7.50. The van der Waals surface area contributed by atoms with E-state index < -0.39 is 15.3 Å². The van der Waals surface area contributed by atoms with Crippen molar-refractivity contribution in [3.05, 3.63) is 35.6 Å². The maximum atomic E-state index is 13.0. The molecule has 1 aliphatic carbocycles. The third kappa shape index (κ3) is 4.85. The highest BCUT2D eigenvalue weighted by atomic mass is 32.2. The Morgan fingerprint density at radius 1 is 1.40 bits per heavy atom. The van der Waals surface area contributed by atoms with Crippen LogP contribution >= 0.6 is 0 Å². The van der Waals surface area contributed by atoms with Crippen LogP contribution in [0, 0.1) is 5.82 Å². The van der Waals surface area contributed by atoms with E-state index in [4.69, 9.17) is 0 Å². The molecule has 1 aliphatic rings. The average Bonchev–Trinajstić information content (AvgIpc) is 3.19. The van der Waals surface area contributed by atoms with E-state index in [0.29, 0.717) is 25.6 Å². The van der Waals surface area contributed by atoms with Crippen LogP contribution in [0.1, 0.15) is 25.3 Å². The van der Waals surface area contributed by atoms with Crippen molar-refractivity contribution in [2.45, 2.75) is 37.5 Å². The van der Waals surface area contributed by atoms with Gasteiger partial charge in [-0.15, -0.1) is 0 Å². The third-order valence-electron chi connectivity index (χ3n) is 3.41. The van der Waals surface area contributed by atoms with Gasteiger partial charge in [0.05, 0.1) is 5.25 Å². The molecule has 1 unspecified atom stereocenters. The van der Waals surface area contributed by atoms with Crippen LogP contribution in [0.5, 0.6) is 0 Å². The molecule has 0 bridgehead atoms. The Hall–Kier alpha value is -0.980. The van der Waals surface area contributed by atoms with Crippen molar-refractivity contribution in [2.75, 3.05) is 13.1 Å². The van der Waals surface area contributed by atoms with Crippen LogP contribution < -0.4 is 10.0 Å². The maximum Gasteiger partial charge on any atom is 0.215 e. The SMILES string of the molecule is CC(CNC1CC1)S(=O)(=O)NCCc1cccc(F)c1. The minimum Gasteiger partial charge on any atom is -0.313 e. The van der Waals surface area contributed by atoms with Crippen molar-refractivity contribution in [3.63, 3.8) is 0 Å². The van der Waals surface area contributed by atoms with Gasteiger partial charge in [0.25, 0.3) is 0 Å². The van der Waals surface area contributed by atoms with Crippen molar-refractivity contribution in [3.8, 4) is 0 Å². The average molecular weight is 300 g/mol. The molecule has 0 saturated heterocycles. The van der Waals surface area contributed by atoms with Crippen molar-refractivity contribution in [1.82, 2.24) is 10.0 Å². The van der Waals surface area contributed by atoms with Crippen LogP contribution in [0.25, 0.3) is 0 Å². The highest BCUT2D eigenvalue weighted by molar-refractivity contribution is 7.90. The Morgan fingerprint density at radius 3 is 2.80 bits per heavy atom. The lowest BCUT2D eigenvalue weighted by Gasteiger charge is -2.14. The number of hydrogen-bond donors (Lipinski definition) is 2. The number of sulfonamides is 1. The van der Waals surface area contributed by atoms with Gasteiger partial charge in [-0.25, -0.2) is 17.5 Å². The fraction of sp³-hybridized carbons (Fsp3) is 0.571. The second kappa shape index (κ2) is 6.65. The largest absolute Gasteiger partial charge is 0.313 e. The normalized spacial score (nSPS) is 17.1. The second-order valence-electron chi connectivity index (χ2n) is 5.31. The number of halogens is 1. The summed E-state index contributed by atoms with van der Waals surface area (Å²) in [5, 5.41) is 2.75. The van der Waals surface area contributed by atoms with Gasteiger partial charge in [0.1, 0.15) is 5.82 Å². The Bertz CT molecular complexity index is 544. The molecule has 0 aromatic heterocycles. The smallest absolute Gasteiger partial charge is 0.215 e. The molecule has 0 aliphatic heterocycles. The van der Waals surface area contributed by atoms with E-state index in [1.54, 1.807) is 19.1 Å². The van der Waals surface area contributed by atoms with Gasteiger partial charge < -0.3 is 5.32 Å². The Balaban J connectivity index is 1.76. The van der Waals surface area contributed by atoms with E-state index in [1.807, 2.05) is 0 Å². The first-order valence-electron chi connectivity index (χ1n) is 6.93. The van der Waals surface area contributed by atoms with Gasteiger partial charge in [-0.2, -0.15) is 0 Å². The number of benzene rings is 1. The van der Waals surface area contributed by atoms with Crippen molar-refractivity contribution in [1.29, 1.82) is 0 Å². The molecule has 6 heteroatoms. The topological polar surface area (TPSA) is 58.2 Å². The molecule has 0 spiro atoms. The summed E-state index contributed by atoms with van der Waals surface area (Å²) in [7, 11) is -3.31. The molecule has 2 rings (SSSR count). The summed E-state index contributed by atoms with van der Waals surface area (Å²) in [6, 6.07) is 6.71. The molecule has 0 heterocycles. The van der Waals surface area contributed by atoms with Gasteiger partial charge >= 0.3 is 0 Å². The highest BCUT2D eigenvalue weighted by Crippen LogP contribution is 2.18. The van der Waals surface area contributed by atoms with Gasteiger partial charge in [0.15, 0.2) is 0 Å². The zero-order chi connectivity index (χ0) is 14.6. The third-order valence-corrected chi connectivity index (χ3v) is 5.24. The van der Waals surface area contributed by atoms with Crippen molar-refractivity contribution < 1.29 is 12.8 Å². The van der Waals surface area contributed by atoms with E-state index in [-0.39, 0.29) is 5.82 Å². The Morgan fingerprint density at radius 2 is 2.15 bits per heavy atom. The number of nitrogens with one attached hydrogen (secondary N) is 2. The molecule has 20 heavy (non-hydrogen) atoms. The van der Waals surface area contributed by atoms with Gasteiger partial charge in [-0.1, -0.05) is 12.1 Å². The van der Waals surface area contributed by atoms with Crippen LogP contribution in [0.15, 0.2) is 24.3 Å². The zero-order valence-corrected chi connectivity index (χ0v) is 12.4. The molecule has 1 atom stereocenters. The molecular weight excluding hydrogens is 279 g/mol. The van der Waals surface area contributed by atoms with Gasteiger partial charge in [0, 0.05) is 19.1 Å². The Kier molecular flexibility index (Phi) is 5.12. The van der Waals surface area contributed by atoms with Crippen LogP contribution in [-0.4, -0.2) is 32.8 Å². The lowest BCUT2D eigenvalue weighted by atomic mass is 10.1. The highest BCUT2D eigenvalue weighted by Gasteiger charge is 2.25. The minimum absolute atomic E-state index is 0.291. The molecule has 1 aromatic carbocycles. The standard InChI is InChI=1S/C14H21FN2O2S/c1-11(10-16-14-5-6-14)20(18,19)17-8-7-12-3-2-4-13(15)9-12/h2-4,9,11,14,16-17H,5-8,10H2,1H3. The summed E-state index contributed by atoms with van der Waals surface area (Å²) >= 11 is 0. The fourth-order valence-corrected chi connectivity index (χ4v) is 2.89. The fourth-order valence-electron chi connectivity index (χ4n) is 1.90. The predicted octanol–water partition coefficient (Wildman–Crippen LogP) is 1.43. The molecule has 2 N–H and O–H groups in total. The summed E-state index contributed by atoms with van der Waals surface area (Å²) < 4.78 is 39.6. The predicted molar refractivity (Wildman–Crippen MR) is 77.5 cm³/mol. The van der Waals surface area contributed by atoms with E-state index in [2.05, 4.69) is 10.0 Å². The van der Waals surface area contributed by atoms with E-state index >= 15 is 0 Å². The molecule has 4 nitrogen and oxygen atoms in total. The molecule has 1 aromatic rings. The van der Waals surface area contributed by atoms with Crippen LogP contribution in [-0.2, 0) is 16.4 Å². The first kappa shape index (κ1) is 15.4. The zero-order valence-electron chi connectivity index (χ0n) is 11.6. The first-order chi connectivity index (χ1) is 9.47. The van der Waals surface area contributed by atoms with Gasteiger partial charge in [0.2, 0.25) is 10.0 Å². The molecule has 1 saturated carbocycles. The monoisotopic (exact) mass is 300 g/mol. The van der Waals surface area contributed by atoms with Gasteiger partial charge in [-0.05, 0) is 43.9 Å². The van der Waals surface area contributed by atoms with E-state index in [0.717, 1.165) is 18.4 Å². The summed E-state index contributed by atoms with van der Waals surface area (Å²) in [6.07, 6.45) is 2.76. The quantitative estimate of drug-likeness (QED) is 0.763. The van der Waals surface area contributed by atoms with E-state index in [1.165, 1.54) is 12.1 Å².